The zero-order chi connectivity index (χ0) is 22.4. The summed E-state index contributed by atoms with van der Waals surface area (Å²) in [6, 6.07) is 16.0. The molecule has 0 heterocycles. The Balaban J connectivity index is 1.84. The van der Waals surface area contributed by atoms with Gasteiger partial charge >= 0.3 is 12.3 Å². The fraction of sp³-hybridized carbons (Fsp3) is 0.0870. The third-order valence-electron chi connectivity index (χ3n) is 4.14. The van der Waals surface area contributed by atoms with Gasteiger partial charge in [-0.05, 0) is 59.2 Å². The summed E-state index contributed by atoms with van der Waals surface area (Å²) in [5.41, 5.74) is 2.42. The highest BCUT2D eigenvalue weighted by Gasteiger charge is 2.30. The molecule has 8 heteroatoms. The Hall–Kier alpha value is -3.81. The van der Waals surface area contributed by atoms with Gasteiger partial charge in [0.2, 0.25) is 0 Å². The summed E-state index contributed by atoms with van der Waals surface area (Å²) in [6.07, 6.45) is -2.48. The Morgan fingerprint density at radius 2 is 1.58 bits per heavy atom. The molecule has 3 aromatic rings. The highest BCUT2D eigenvalue weighted by atomic mass is 19.4. The van der Waals surface area contributed by atoms with Crippen molar-refractivity contribution < 1.29 is 36.9 Å². The Morgan fingerprint density at radius 1 is 0.935 bits per heavy atom. The predicted molar refractivity (Wildman–Crippen MR) is 106 cm³/mol. The van der Waals surface area contributed by atoms with E-state index in [-0.39, 0.29) is 18.2 Å². The fourth-order valence-electron chi connectivity index (χ4n) is 2.74. The van der Waals surface area contributed by atoms with Crippen molar-refractivity contribution in [2.45, 2.75) is 13.0 Å². The third kappa shape index (κ3) is 6.60. The molecule has 0 atom stereocenters. The molecule has 0 amide bonds. The normalized spacial score (nSPS) is 11.5. The van der Waals surface area contributed by atoms with Gasteiger partial charge in [-0.1, -0.05) is 30.3 Å². The molecule has 0 aliphatic rings. The van der Waals surface area contributed by atoms with E-state index in [0.717, 1.165) is 11.6 Å². The molecule has 160 valence electrons. The Morgan fingerprint density at radius 3 is 2.19 bits per heavy atom. The van der Waals surface area contributed by atoms with E-state index in [4.69, 9.17) is 9.84 Å². The maximum atomic E-state index is 13.0. The molecule has 0 spiro atoms. The van der Waals surface area contributed by atoms with Crippen LogP contribution in [0.1, 0.15) is 11.1 Å². The largest absolute Gasteiger partial charge is 0.573 e. The van der Waals surface area contributed by atoms with Gasteiger partial charge in [0.15, 0.2) is 0 Å². The van der Waals surface area contributed by atoms with E-state index >= 15 is 0 Å². The standard InChI is InChI=1S/C23H16F4O4/c24-19-7-1-15(2-8-19)14-30-21-11-5-17(13-18(21)6-12-22(28)29)16-3-9-20(10-4-16)31-23(25,26)27/h1-13H,14H2,(H,28,29)/b12-6+. The number of rotatable bonds is 7. The van der Waals surface area contributed by atoms with Crippen molar-refractivity contribution in [3.8, 4) is 22.6 Å². The first-order chi connectivity index (χ1) is 14.7. The van der Waals surface area contributed by atoms with Crippen LogP contribution in [0.2, 0.25) is 0 Å². The van der Waals surface area contributed by atoms with E-state index in [9.17, 15) is 22.4 Å². The van der Waals surface area contributed by atoms with E-state index in [0.29, 0.717) is 22.4 Å². The lowest BCUT2D eigenvalue weighted by molar-refractivity contribution is -0.274. The molecule has 0 bridgehead atoms. The number of halogens is 4. The molecule has 31 heavy (non-hydrogen) atoms. The Labute approximate surface area is 175 Å². The van der Waals surface area contributed by atoms with Gasteiger partial charge in [-0.2, -0.15) is 0 Å². The summed E-state index contributed by atoms with van der Waals surface area (Å²) < 4.78 is 59.6. The smallest absolute Gasteiger partial charge is 0.488 e. The topological polar surface area (TPSA) is 55.8 Å². The molecule has 3 aromatic carbocycles. The van der Waals surface area contributed by atoms with Crippen LogP contribution < -0.4 is 9.47 Å². The minimum absolute atomic E-state index is 0.136. The van der Waals surface area contributed by atoms with Gasteiger partial charge in [0, 0.05) is 11.6 Å². The van der Waals surface area contributed by atoms with Crippen molar-refractivity contribution in [1.82, 2.24) is 0 Å². The van der Waals surface area contributed by atoms with Gasteiger partial charge in [-0.25, -0.2) is 9.18 Å². The first kappa shape index (κ1) is 21.9. The van der Waals surface area contributed by atoms with Crippen LogP contribution in [0.25, 0.3) is 17.2 Å². The van der Waals surface area contributed by atoms with Crippen LogP contribution in [0.15, 0.2) is 72.8 Å². The summed E-state index contributed by atoms with van der Waals surface area (Å²) in [4.78, 5) is 10.9. The zero-order valence-corrected chi connectivity index (χ0v) is 15.9. The van der Waals surface area contributed by atoms with Gasteiger partial charge in [0.25, 0.3) is 0 Å². The lowest BCUT2D eigenvalue weighted by Crippen LogP contribution is -2.16. The molecule has 0 aliphatic carbocycles. The summed E-state index contributed by atoms with van der Waals surface area (Å²) in [5.74, 6) is -1.47. The van der Waals surface area contributed by atoms with E-state index in [2.05, 4.69) is 4.74 Å². The van der Waals surface area contributed by atoms with Crippen LogP contribution in [-0.4, -0.2) is 17.4 Å². The summed E-state index contributed by atoms with van der Waals surface area (Å²) in [5, 5.41) is 8.94. The van der Waals surface area contributed by atoms with Gasteiger partial charge in [0.05, 0.1) is 0 Å². The maximum Gasteiger partial charge on any atom is 0.573 e. The van der Waals surface area contributed by atoms with Crippen molar-refractivity contribution in [3.63, 3.8) is 0 Å². The number of hydrogen-bond donors (Lipinski definition) is 1. The monoisotopic (exact) mass is 432 g/mol. The zero-order valence-electron chi connectivity index (χ0n) is 15.9. The molecule has 0 saturated carbocycles. The van der Waals surface area contributed by atoms with E-state index in [1.165, 1.54) is 42.5 Å². The molecular weight excluding hydrogens is 416 g/mol. The molecule has 1 N–H and O–H groups in total. The van der Waals surface area contributed by atoms with Crippen molar-refractivity contribution in [3.05, 3.63) is 89.8 Å². The number of aliphatic carboxylic acids is 1. The van der Waals surface area contributed by atoms with Crippen molar-refractivity contribution in [2.75, 3.05) is 0 Å². The van der Waals surface area contributed by atoms with Crippen LogP contribution >= 0.6 is 0 Å². The van der Waals surface area contributed by atoms with Gasteiger partial charge in [-0.3, -0.25) is 0 Å². The molecule has 0 unspecified atom stereocenters. The van der Waals surface area contributed by atoms with Gasteiger partial charge < -0.3 is 14.6 Å². The summed E-state index contributed by atoms with van der Waals surface area (Å²) >= 11 is 0. The first-order valence-electron chi connectivity index (χ1n) is 8.98. The minimum Gasteiger partial charge on any atom is -0.488 e. The minimum atomic E-state index is -4.78. The van der Waals surface area contributed by atoms with Gasteiger partial charge in [0.1, 0.15) is 23.9 Å². The molecule has 3 rings (SSSR count). The second kappa shape index (κ2) is 9.34. The number of carbonyl (C=O) groups is 1. The molecule has 0 radical (unpaired) electrons. The summed E-state index contributed by atoms with van der Waals surface area (Å²) in [6.45, 7) is 0.136. The average molecular weight is 432 g/mol. The van der Waals surface area contributed by atoms with Crippen molar-refractivity contribution >= 4 is 12.0 Å². The number of hydrogen-bond acceptors (Lipinski definition) is 3. The highest BCUT2D eigenvalue weighted by molar-refractivity contribution is 5.86. The third-order valence-corrected chi connectivity index (χ3v) is 4.14. The molecule has 0 aromatic heterocycles. The van der Waals surface area contributed by atoms with E-state index in [1.807, 2.05) is 0 Å². The van der Waals surface area contributed by atoms with Crippen LogP contribution in [0, 0.1) is 5.82 Å². The van der Waals surface area contributed by atoms with Gasteiger partial charge in [-0.15, -0.1) is 13.2 Å². The number of carboxylic acid groups (broad SMARTS) is 1. The molecule has 0 fully saturated rings. The quantitative estimate of drug-likeness (QED) is 0.364. The number of carboxylic acids is 1. The van der Waals surface area contributed by atoms with E-state index < -0.39 is 12.3 Å². The van der Waals surface area contributed by atoms with Crippen molar-refractivity contribution in [1.29, 1.82) is 0 Å². The van der Waals surface area contributed by atoms with Crippen molar-refractivity contribution in [2.24, 2.45) is 0 Å². The molecule has 0 saturated heterocycles. The van der Waals surface area contributed by atoms with Crippen LogP contribution in [0.4, 0.5) is 17.6 Å². The fourth-order valence-corrected chi connectivity index (χ4v) is 2.74. The molecular formula is C23H16F4O4. The molecule has 4 nitrogen and oxygen atoms in total. The van der Waals surface area contributed by atoms with Crippen LogP contribution in [0.3, 0.4) is 0 Å². The Kier molecular flexibility index (Phi) is 6.59. The second-order valence-electron chi connectivity index (χ2n) is 6.41. The average Bonchev–Trinajstić information content (AvgIpc) is 2.71. The number of benzene rings is 3. The lowest BCUT2D eigenvalue weighted by atomic mass is 10.0. The first-order valence-corrected chi connectivity index (χ1v) is 8.98. The SMILES string of the molecule is O=C(O)/C=C/c1cc(-c2ccc(OC(F)(F)F)cc2)ccc1OCc1ccc(F)cc1. The Bertz CT molecular complexity index is 1070. The maximum absolute atomic E-state index is 13.0. The number of alkyl halides is 3. The van der Waals surface area contributed by atoms with E-state index in [1.54, 1.807) is 30.3 Å². The van der Waals surface area contributed by atoms with Crippen LogP contribution in [0.5, 0.6) is 11.5 Å². The second-order valence-corrected chi connectivity index (χ2v) is 6.41. The van der Waals surface area contributed by atoms with Crippen LogP contribution in [-0.2, 0) is 11.4 Å². The highest BCUT2D eigenvalue weighted by Crippen LogP contribution is 2.30. The number of ether oxygens (including phenoxy) is 2. The lowest BCUT2D eigenvalue weighted by Gasteiger charge is -2.12. The summed E-state index contributed by atoms with van der Waals surface area (Å²) in [7, 11) is 0. The predicted octanol–water partition coefficient (Wildman–Crippen LogP) is 6.07. The molecule has 0 aliphatic heterocycles.